The molecule has 0 atom stereocenters. The number of hydrogen-bond acceptors (Lipinski definition) is 3. The van der Waals surface area contributed by atoms with E-state index in [4.69, 9.17) is 10.5 Å². The molecule has 2 N–H and O–H groups in total. The number of nitrogens with two attached hydrogens (primary N) is 1. The van der Waals surface area contributed by atoms with E-state index in [1.165, 1.54) is 24.8 Å². The van der Waals surface area contributed by atoms with Crippen LogP contribution in [-0.2, 0) is 16.1 Å². The molecule has 1 aromatic rings. The van der Waals surface area contributed by atoms with E-state index in [0.29, 0.717) is 25.5 Å². The van der Waals surface area contributed by atoms with Crippen LogP contribution in [0.1, 0.15) is 56.9 Å². The normalized spacial score (nSPS) is 21.2. The van der Waals surface area contributed by atoms with Gasteiger partial charge in [0.1, 0.15) is 0 Å². The number of likely N-dealkylation sites (tertiary alicyclic amines) is 1. The summed E-state index contributed by atoms with van der Waals surface area (Å²) in [7, 11) is 0. The number of carbonyl (C=O) groups excluding carboxylic acids is 1. The Labute approximate surface area is 151 Å². The monoisotopic (exact) mass is 344 g/mol. The molecule has 1 aromatic carbocycles. The van der Waals surface area contributed by atoms with Gasteiger partial charge >= 0.3 is 0 Å². The molecule has 0 aromatic heterocycles. The van der Waals surface area contributed by atoms with E-state index in [0.717, 1.165) is 38.8 Å². The maximum atomic E-state index is 12.7. The molecule has 0 bridgehead atoms. The molecule has 1 heterocycles. The maximum Gasteiger partial charge on any atom is 0.223 e. The third-order valence-corrected chi connectivity index (χ3v) is 6.00. The molecule has 1 saturated heterocycles. The first-order chi connectivity index (χ1) is 12.2. The van der Waals surface area contributed by atoms with Crippen molar-refractivity contribution in [1.82, 2.24) is 4.90 Å². The van der Waals surface area contributed by atoms with E-state index in [2.05, 4.69) is 12.1 Å². The van der Waals surface area contributed by atoms with Gasteiger partial charge in [-0.2, -0.15) is 0 Å². The van der Waals surface area contributed by atoms with E-state index in [1.54, 1.807) is 0 Å². The van der Waals surface area contributed by atoms with E-state index in [9.17, 15) is 4.79 Å². The van der Waals surface area contributed by atoms with Gasteiger partial charge in [0.15, 0.2) is 0 Å². The quantitative estimate of drug-likeness (QED) is 0.859. The summed E-state index contributed by atoms with van der Waals surface area (Å²) in [6.07, 6.45) is 8.75. The van der Waals surface area contributed by atoms with Gasteiger partial charge in [0.25, 0.3) is 0 Å². The summed E-state index contributed by atoms with van der Waals surface area (Å²) in [4.78, 5) is 14.8. The average Bonchev–Trinajstić information content (AvgIpc) is 2.68. The van der Waals surface area contributed by atoms with Gasteiger partial charge in [0, 0.05) is 19.5 Å². The van der Waals surface area contributed by atoms with Crippen LogP contribution in [0.3, 0.4) is 0 Å². The number of nitrogens with zero attached hydrogens (tertiary/aromatic N) is 1. The van der Waals surface area contributed by atoms with Crippen LogP contribution >= 0.6 is 0 Å². The van der Waals surface area contributed by atoms with Crippen molar-refractivity contribution in [1.29, 1.82) is 0 Å². The molecule has 2 fully saturated rings. The molecule has 0 radical (unpaired) electrons. The summed E-state index contributed by atoms with van der Waals surface area (Å²) in [5.41, 5.74) is 7.32. The van der Waals surface area contributed by atoms with Gasteiger partial charge in [0.05, 0.1) is 12.7 Å². The molecule has 138 valence electrons. The Balaban J connectivity index is 1.43. The van der Waals surface area contributed by atoms with Crippen LogP contribution < -0.4 is 5.73 Å². The first-order valence-corrected chi connectivity index (χ1v) is 9.84. The summed E-state index contributed by atoms with van der Waals surface area (Å²) < 4.78 is 6.03. The van der Waals surface area contributed by atoms with Gasteiger partial charge < -0.3 is 15.4 Å². The second-order valence-corrected chi connectivity index (χ2v) is 7.82. The molecule has 2 aliphatic rings. The van der Waals surface area contributed by atoms with Gasteiger partial charge in [-0.3, -0.25) is 4.79 Å². The number of benzene rings is 1. The standard InChI is InChI=1S/C21H32N2O2/c22-17-21(11-5-2-6-12-21)15-20(24)23-13-9-19(10-14-23)25-16-18-7-3-1-4-8-18/h1,3-4,7-8,19H,2,5-6,9-17,22H2. The van der Waals surface area contributed by atoms with Crippen molar-refractivity contribution >= 4 is 5.91 Å². The second kappa shape index (κ2) is 8.81. The largest absolute Gasteiger partial charge is 0.373 e. The zero-order valence-electron chi connectivity index (χ0n) is 15.3. The minimum atomic E-state index is 0.0655. The molecule has 3 rings (SSSR count). The van der Waals surface area contributed by atoms with Crippen molar-refractivity contribution in [3.8, 4) is 0 Å². The summed E-state index contributed by atoms with van der Waals surface area (Å²) >= 11 is 0. The average molecular weight is 344 g/mol. The Hall–Kier alpha value is -1.39. The Kier molecular flexibility index (Phi) is 6.49. The number of rotatable bonds is 6. The number of hydrogen-bond donors (Lipinski definition) is 1. The van der Waals surface area contributed by atoms with Crippen LogP contribution in [0, 0.1) is 5.41 Å². The summed E-state index contributed by atoms with van der Waals surface area (Å²) in [6.45, 7) is 2.95. The first-order valence-electron chi connectivity index (χ1n) is 9.84. The van der Waals surface area contributed by atoms with Gasteiger partial charge in [0.2, 0.25) is 5.91 Å². The maximum absolute atomic E-state index is 12.7. The zero-order valence-corrected chi connectivity index (χ0v) is 15.3. The molecule has 4 nitrogen and oxygen atoms in total. The summed E-state index contributed by atoms with van der Waals surface area (Å²) in [5.74, 6) is 0.300. The van der Waals surface area contributed by atoms with Crippen LogP contribution in [0.25, 0.3) is 0 Å². The van der Waals surface area contributed by atoms with Crippen molar-refractivity contribution in [3.63, 3.8) is 0 Å². The van der Waals surface area contributed by atoms with Crippen LogP contribution in [0.15, 0.2) is 30.3 Å². The van der Waals surface area contributed by atoms with Crippen molar-refractivity contribution in [3.05, 3.63) is 35.9 Å². The van der Waals surface area contributed by atoms with E-state index >= 15 is 0 Å². The Bertz CT molecular complexity index is 532. The number of ether oxygens (including phenoxy) is 1. The van der Waals surface area contributed by atoms with Crippen molar-refractivity contribution in [2.45, 2.75) is 64.1 Å². The second-order valence-electron chi connectivity index (χ2n) is 7.82. The number of piperidine rings is 1. The van der Waals surface area contributed by atoms with Crippen molar-refractivity contribution < 1.29 is 9.53 Å². The SMILES string of the molecule is NCC1(CC(=O)N2CCC(OCc3ccccc3)CC2)CCCCC1. The Morgan fingerprint density at radius 2 is 1.80 bits per heavy atom. The fraction of sp³-hybridized carbons (Fsp3) is 0.667. The van der Waals surface area contributed by atoms with Gasteiger partial charge in [-0.1, -0.05) is 49.6 Å². The van der Waals surface area contributed by atoms with Crippen LogP contribution in [-0.4, -0.2) is 36.5 Å². The molecular weight excluding hydrogens is 312 g/mol. The number of carbonyl (C=O) groups is 1. The highest BCUT2D eigenvalue weighted by Crippen LogP contribution is 2.39. The minimum absolute atomic E-state index is 0.0655. The van der Waals surface area contributed by atoms with E-state index < -0.39 is 0 Å². The zero-order chi connectivity index (χ0) is 17.5. The van der Waals surface area contributed by atoms with E-state index in [-0.39, 0.29) is 11.5 Å². The summed E-state index contributed by atoms with van der Waals surface area (Å²) in [6, 6.07) is 10.3. The molecular formula is C21H32N2O2. The Morgan fingerprint density at radius 1 is 1.12 bits per heavy atom. The van der Waals surface area contributed by atoms with Crippen LogP contribution in [0.5, 0.6) is 0 Å². The van der Waals surface area contributed by atoms with Gasteiger partial charge in [-0.15, -0.1) is 0 Å². The smallest absolute Gasteiger partial charge is 0.223 e. The third-order valence-electron chi connectivity index (χ3n) is 6.00. The molecule has 0 spiro atoms. The first kappa shape index (κ1) is 18.4. The minimum Gasteiger partial charge on any atom is -0.373 e. The molecule has 1 aliphatic carbocycles. The van der Waals surface area contributed by atoms with Crippen LogP contribution in [0.2, 0.25) is 0 Å². The van der Waals surface area contributed by atoms with Crippen LogP contribution in [0.4, 0.5) is 0 Å². The predicted molar refractivity (Wildman–Crippen MR) is 100 cm³/mol. The predicted octanol–water partition coefficient (Wildman–Crippen LogP) is 3.49. The fourth-order valence-corrected chi connectivity index (χ4v) is 4.25. The molecule has 1 amide bonds. The lowest BCUT2D eigenvalue weighted by atomic mass is 9.71. The molecule has 25 heavy (non-hydrogen) atoms. The fourth-order valence-electron chi connectivity index (χ4n) is 4.25. The highest BCUT2D eigenvalue weighted by Gasteiger charge is 2.35. The molecule has 4 heteroatoms. The van der Waals surface area contributed by atoms with E-state index in [1.807, 2.05) is 23.1 Å². The third kappa shape index (κ3) is 5.05. The lowest BCUT2D eigenvalue weighted by Crippen LogP contribution is -2.44. The lowest BCUT2D eigenvalue weighted by Gasteiger charge is -2.39. The Morgan fingerprint density at radius 3 is 2.44 bits per heavy atom. The highest BCUT2D eigenvalue weighted by molar-refractivity contribution is 5.77. The molecule has 1 aliphatic heterocycles. The molecule has 0 unspecified atom stereocenters. The molecule has 1 saturated carbocycles. The van der Waals surface area contributed by atoms with Crippen molar-refractivity contribution in [2.75, 3.05) is 19.6 Å². The summed E-state index contributed by atoms with van der Waals surface area (Å²) in [5, 5.41) is 0. The van der Waals surface area contributed by atoms with Gasteiger partial charge in [-0.25, -0.2) is 0 Å². The topological polar surface area (TPSA) is 55.6 Å². The number of amides is 1. The van der Waals surface area contributed by atoms with Gasteiger partial charge in [-0.05, 0) is 43.2 Å². The lowest BCUT2D eigenvalue weighted by molar-refractivity contribution is -0.137. The highest BCUT2D eigenvalue weighted by atomic mass is 16.5. The van der Waals surface area contributed by atoms with Crippen molar-refractivity contribution in [2.24, 2.45) is 11.1 Å².